The summed E-state index contributed by atoms with van der Waals surface area (Å²) in [5, 5.41) is 0. The second kappa shape index (κ2) is 8.76. The van der Waals surface area contributed by atoms with Crippen molar-refractivity contribution in [3.8, 4) is 0 Å². The number of hydrogen-bond acceptors (Lipinski definition) is 0. The van der Waals surface area contributed by atoms with Gasteiger partial charge < -0.3 is 0 Å². The summed E-state index contributed by atoms with van der Waals surface area (Å²) in [6.45, 7) is 27.5. The van der Waals surface area contributed by atoms with E-state index in [9.17, 15) is 0 Å². The van der Waals surface area contributed by atoms with Gasteiger partial charge in [0.05, 0.1) is 0 Å². The molecule has 0 radical (unpaired) electrons. The highest BCUT2D eigenvalue weighted by atomic mass is 14.4. The summed E-state index contributed by atoms with van der Waals surface area (Å²) in [6, 6.07) is 16.2. The minimum absolute atomic E-state index is 0.260. The molecule has 1 aliphatic rings. The quantitative estimate of drug-likeness (QED) is 0.398. The molecule has 2 aromatic carbocycles. The van der Waals surface area contributed by atoms with Crippen molar-refractivity contribution < 1.29 is 0 Å². The lowest BCUT2D eigenvalue weighted by molar-refractivity contribution is 0.319. The third-order valence-electron chi connectivity index (χ3n) is 6.75. The third-order valence-corrected chi connectivity index (χ3v) is 6.75. The molecular formula is C31H48. The van der Waals surface area contributed by atoms with Gasteiger partial charge in [-0.1, -0.05) is 126 Å². The van der Waals surface area contributed by atoms with Crippen LogP contribution in [0.25, 0.3) is 0 Å². The van der Waals surface area contributed by atoms with E-state index in [0.29, 0.717) is 5.41 Å². The van der Waals surface area contributed by atoms with Gasteiger partial charge in [-0.2, -0.15) is 0 Å². The highest BCUT2D eigenvalue weighted by Gasteiger charge is 2.32. The molecule has 0 heteroatoms. The van der Waals surface area contributed by atoms with Gasteiger partial charge >= 0.3 is 0 Å². The van der Waals surface area contributed by atoms with E-state index in [1.165, 1.54) is 29.5 Å². The number of rotatable bonds is 0. The Bertz CT molecular complexity index is 820. The van der Waals surface area contributed by atoms with Gasteiger partial charge in [0.2, 0.25) is 0 Å². The van der Waals surface area contributed by atoms with Crippen LogP contribution in [0.3, 0.4) is 0 Å². The van der Waals surface area contributed by atoms with Crippen LogP contribution in [0.2, 0.25) is 0 Å². The summed E-state index contributed by atoms with van der Waals surface area (Å²) in [7, 11) is 0. The molecule has 0 bridgehead atoms. The van der Waals surface area contributed by atoms with Crippen molar-refractivity contribution in [1.29, 1.82) is 0 Å². The zero-order chi connectivity index (χ0) is 23.8. The van der Waals surface area contributed by atoms with Crippen molar-refractivity contribution in [1.82, 2.24) is 0 Å². The second-order valence-corrected chi connectivity index (χ2v) is 13.7. The molecule has 0 aromatic heterocycles. The standard InChI is InChI=1S/C17H26.C14H22/c1-16(2,3)13-8-9-14-12(11-13)7-10-15(14)17(4,5)6;1-13(2,3)11-7-9-12(10-8-11)14(4,5)6/h8-9,11,15H,7,10H2,1-6H3;7-10H,1-6H3. The molecule has 1 unspecified atom stereocenters. The third kappa shape index (κ3) is 6.71. The van der Waals surface area contributed by atoms with E-state index in [-0.39, 0.29) is 16.2 Å². The second-order valence-electron chi connectivity index (χ2n) is 13.7. The highest BCUT2D eigenvalue weighted by Crippen LogP contribution is 2.45. The average Bonchev–Trinajstić information content (AvgIpc) is 3.04. The first kappa shape index (κ1) is 25.7. The zero-order valence-electron chi connectivity index (χ0n) is 22.5. The van der Waals surface area contributed by atoms with E-state index in [4.69, 9.17) is 0 Å². The van der Waals surface area contributed by atoms with Crippen molar-refractivity contribution >= 4 is 0 Å². The first-order valence-electron chi connectivity index (χ1n) is 12.1. The average molecular weight is 421 g/mol. The molecule has 0 aliphatic heterocycles. The lowest BCUT2D eigenvalue weighted by Crippen LogP contribution is -2.16. The highest BCUT2D eigenvalue weighted by molar-refractivity contribution is 5.41. The van der Waals surface area contributed by atoms with Crippen LogP contribution >= 0.6 is 0 Å². The fraction of sp³-hybridized carbons (Fsp3) is 0.613. The lowest BCUT2D eigenvalue weighted by atomic mass is 9.77. The van der Waals surface area contributed by atoms with E-state index >= 15 is 0 Å². The molecule has 0 heterocycles. The minimum atomic E-state index is 0.260. The van der Waals surface area contributed by atoms with Gasteiger partial charge in [0, 0.05) is 0 Å². The van der Waals surface area contributed by atoms with Crippen LogP contribution in [-0.4, -0.2) is 0 Å². The number of hydrogen-bond donors (Lipinski definition) is 0. The van der Waals surface area contributed by atoms with Gasteiger partial charge in [0.25, 0.3) is 0 Å². The largest absolute Gasteiger partial charge is 0.0596 e. The maximum atomic E-state index is 2.45. The van der Waals surface area contributed by atoms with E-state index in [1.807, 2.05) is 0 Å². The summed E-state index contributed by atoms with van der Waals surface area (Å²) in [5.74, 6) is 0.742. The van der Waals surface area contributed by atoms with Gasteiger partial charge in [-0.05, 0) is 68.2 Å². The molecule has 0 N–H and O–H groups in total. The summed E-state index contributed by atoms with van der Waals surface area (Å²) in [6.07, 6.45) is 2.59. The van der Waals surface area contributed by atoms with Gasteiger partial charge in [0.1, 0.15) is 0 Å². The Balaban J connectivity index is 0.000000225. The summed E-state index contributed by atoms with van der Waals surface area (Å²) in [5.41, 5.74) is 8.68. The Labute approximate surface area is 193 Å². The van der Waals surface area contributed by atoms with Crippen molar-refractivity contribution in [2.75, 3.05) is 0 Å². The maximum Gasteiger partial charge on any atom is -0.0107 e. The Morgan fingerprint density at radius 2 is 0.935 bits per heavy atom. The predicted molar refractivity (Wildman–Crippen MR) is 140 cm³/mol. The molecule has 0 fully saturated rings. The lowest BCUT2D eigenvalue weighted by Gasteiger charge is -2.28. The van der Waals surface area contributed by atoms with Gasteiger partial charge in [-0.3, -0.25) is 0 Å². The van der Waals surface area contributed by atoms with Gasteiger partial charge in [-0.25, -0.2) is 0 Å². The van der Waals surface area contributed by atoms with Crippen LogP contribution < -0.4 is 0 Å². The van der Waals surface area contributed by atoms with Gasteiger partial charge in [0.15, 0.2) is 0 Å². The minimum Gasteiger partial charge on any atom is -0.0596 e. The molecule has 1 atom stereocenters. The van der Waals surface area contributed by atoms with E-state index in [2.05, 4.69) is 126 Å². The number of benzene rings is 2. The fourth-order valence-corrected chi connectivity index (χ4v) is 4.45. The topological polar surface area (TPSA) is 0 Å². The smallest absolute Gasteiger partial charge is 0.0107 e. The molecule has 0 amide bonds. The Morgan fingerprint density at radius 3 is 1.29 bits per heavy atom. The summed E-state index contributed by atoms with van der Waals surface area (Å²) < 4.78 is 0. The van der Waals surface area contributed by atoms with Crippen LogP contribution in [0, 0.1) is 5.41 Å². The summed E-state index contributed by atoms with van der Waals surface area (Å²) >= 11 is 0. The molecule has 0 saturated heterocycles. The van der Waals surface area contributed by atoms with E-state index in [1.54, 1.807) is 11.1 Å². The van der Waals surface area contributed by atoms with E-state index < -0.39 is 0 Å². The maximum absolute atomic E-state index is 2.45. The number of fused-ring (bicyclic) bond motifs is 1. The van der Waals surface area contributed by atoms with Crippen molar-refractivity contribution in [2.45, 2.75) is 118 Å². The SMILES string of the molecule is CC(C)(C)c1ccc(C(C)(C)C)cc1.CC(C)(C)c1ccc2c(c1)CCC2C(C)(C)C. The molecule has 1 aliphatic carbocycles. The van der Waals surface area contributed by atoms with Crippen LogP contribution in [0.15, 0.2) is 42.5 Å². The van der Waals surface area contributed by atoms with Crippen LogP contribution in [-0.2, 0) is 22.7 Å². The van der Waals surface area contributed by atoms with Crippen molar-refractivity contribution in [2.24, 2.45) is 5.41 Å². The molecule has 0 spiro atoms. The molecule has 172 valence electrons. The zero-order valence-corrected chi connectivity index (χ0v) is 22.5. The molecular weight excluding hydrogens is 372 g/mol. The first-order valence-corrected chi connectivity index (χ1v) is 12.1. The molecule has 2 aromatic rings. The van der Waals surface area contributed by atoms with Crippen molar-refractivity contribution in [3.05, 3.63) is 70.3 Å². The molecule has 3 rings (SSSR count). The fourth-order valence-electron chi connectivity index (χ4n) is 4.45. The van der Waals surface area contributed by atoms with Crippen LogP contribution in [0.1, 0.15) is 123 Å². The molecule has 0 nitrogen and oxygen atoms in total. The molecule has 31 heavy (non-hydrogen) atoms. The Morgan fingerprint density at radius 1 is 0.548 bits per heavy atom. The number of aryl methyl sites for hydroxylation is 1. The van der Waals surface area contributed by atoms with Crippen LogP contribution in [0.5, 0.6) is 0 Å². The first-order chi connectivity index (χ1) is 13.9. The Hall–Kier alpha value is -1.56. The monoisotopic (exact) mass is 420 g/mol. The normalized spacial score (nSPS) is 17.1. The Kier molecular flexibility index (Phi) is 7.26. The van der Waals surface area contributed by atoms with Gasteiger partial charge in [-0.15, -0.1) is 0 Å². The summed E-state index contributed by atoms with van der Waals surface area (Å²) in [4.78, 5) is 0. The predicted octanol–water partition coefficient (Wildman–Crippen LogP) is 9.34. The molecule has 0 saturated carbocycles. The van der Waals surface area contributed by atoms with Crippen molar-refractivity contribution in [3.63, 3.8) is 0 Å². The van der Waals surface area contributed by atoms with E-state index in [0.717, 1.165) is 5.92 Å². The van der Waals surface area contributed by atoms with Crippen LogP contribution in [0.4, 0.5) is 0 Å².